The average molecular weight is 399 g/mol. The highest BCUT2D eigenvalue weighted by atomic mass is 16.3. The summed E-state index contributed by atoms with van der Waals surface area (Å²) in [6, 6.07) is 3.07. The Morgan fingerprint density at radius 2 is 2.03 bits per heavy atom. The van der Waals surface area contributed by atoms with E-state index in [4.69, 9.17) is 10.2 Å². The van der Waals surface area contributed by atoms with Gasteiger partial charge in [0.1, 0.15) is 6.04 Å². The van der Waals surface area contributed by atoms with Gasteiger partial charge in [-0.25, -0.2) is 0 Å². The molecule has 0 spiro atoms. The summed E-state index contributed by atoms with van der Waals surface area (Å²) in [5, 5.41) is 7.39. The standard InChI is InChI=1S/C18H25N9O2/c1-3-12(15(28)26-9-7-25(4-2)8-10-26)20-17-22-16(19)27-18(23-17)21-14(24-27)13-6-5-11-29-13/h5-6,11-12H,3-4,7-10H2,1-2H3,(H3,19,20,21,22,23,24)/t12-/m0/s1. The molecule has 1 aliphatic rings. The molecule has 0 aliphatic carbocycles. The van der Waals surface area contributed by atoms with Crippen molar-refractivity contribution in [2.75, 3.05) is 43.8 Å². The molecule has 11 nitrogen and oxygen atoms in total. The first-order chi connectivity index (χ1) is 14.1. The van der Waals surface area contributed by atoms with Gasteiger partial charge in [0.25, 0.3) is 5.78 Å². The Labute approximate surface area is 167 Å². The van der Waals surface area contributed by atoms with Gasteiger partial charge in [0.05, 0.1) is 6.26 Å². The number of hydrogen-bond donors (Lipinski definition) is 2. The van der Waals surface area contributed by atoms with Crippen molar-refractivity contribution >= 4 is 23.6 Å². The Morgan fingerprint density at radius 1 is 1.24 bits per heavy atom. The maximum absolute atomic E-state index is 12.9. The third kappa shape index (κ3) is 3.86. The van der Waals surface area contributed by atoms with E-state index in [9.17, 15) is 4.79 Å². The molecule has 0 bridgehead atoms. The third-order valence-electron chi connectivity index (χ3n) is 5.12. The molecule has 3 aromatic heterocycles. The van der Waals surface area contributed by atoms with E-state index in [-0.39, 0.29) is 23.6 Å². The van der Waals surface area contributed by atoms with Crippen molar-refractivity contribution < 1.29 is 9.21 Å². The van der Waals surface area contributed by atoms with E-state index in [0.717, 1.165) is 32.7 Å². The number of piperazine rings is 1. The fourth-order valence-corrected chi connectivity index (χ4v) is 3.38. The first kappa shape index (κ1) is 19.1. The van der Waals surface area contributed by atoms with Gasteiger partial charge < -0.3 is 25.3 Å². The van der Waals surface area contributed by atoms with E-state index >= 15 is 0 Å². The van der Waals surface area contributed by atoms with Crippen LogP contribution in [-0.4, -0.2) is 79.0 Å². The smallest absolute Gasteiger partial charge is 0.259 e. The number of hydrogen-bond acceptors (Lipinski definition) is 9. The summed E-state index contributed by atoms with van der Waals surface area (Å²) in [5.41, 5.74) is 6.03. The van der Waals surface area contributed by atoms with E-state index in [1.54, 1.807) is 18.4 Å². The summed E-state index contributed by atoms with van der Waals surface area (Å²) in [6.45, 7) is 8.32. The largest absolute Gasteiger partial charge is 0.461 e. The second kappa shape index (κ2) is 8.03. The van der Waals surface area contributed by atoms with E-state index in [2.05, 4.69) is 37.2 Å². The Kier molecular flexibility index (Phi) is 5.30. The van der Waals surface area contributed by atoms with Gasteiger partial charge in [-0.15, -0.1) is 5.10 Å². The van der Waals surface area contributed by atoms with Crippen molar-refractivity contribution in [3.05, 3.63) is 18.4 Å². The van der Waals surface area contributed by atoms with Crippen molar-refractivity contribution in [1.82, 2.24) is 34.4 Å². The van der Waals surface area contributed by atoms with Gasteiger partial charge >= 0.3 is 0 Å². The van der Waals surface area contributed by atoms with Gasteiger partial charge in [-0.05, 0) is 25.1 Å². The van der Waals surface area contributed by atoms with Crippen LogP contribution in [-0.2, 0) is 4.79 Å². The average Bonchev–Trinajstić information content (AvgIpc) is 3.41. The van der Waals surface area contributed by atoms with Gasteiger partial charge in [0.15, 0.2) is 5.76 Å². The van der Waals surface area contributed by atoms with E-state index < -0.39 is 6.04 Å². The second-order valence-corrected chi connectivity index (χ2v) is 6.89. The summed E-state index contributed by atoms with van der Waals surface area (Å²) in [5.74, 6) is 1.58. The number of nitrogens with two attached hydrogens (primary N) is 1. The fraction of sp³-hybridized carbons (Fsp3) is 0.500. The summed E-state index contributed by atoms with van der Waals surface area (Å²) >= 11 is 0. The lowest BCUT2D eigenvalue weighted by Gasteiger charge is -2.35. The van der Waals surface area contributed by atoms with Crippen molar-refractivity contribution in [1.29, 1.82) is 0 Å². The van der Waals surface area contributed by atoms with E-state index in [1.165, 1.54) is 4.52 Å². The number of rotatable bonds is 6. The molecule has 1 amide bonds. The van der Waals surface area contributed by atoms with Crippen LogP contribution in [0.4, 0.5) is 11.9 Å². The van der Waals surface area contributed by atoms with Crippen LogP contribution in [0.1, 0.15) is 20.3 Å². The molecule has 0 saturated carbocycles. The van der Waals surface area contributed by atoms with Crippen molar-refractivity contribution in [3.63, 3.8) is 0 Å². The zero-order valence-corrected chi connectivity index (χ0v) is 16.6. The van der Waals surface area contributed by atoms with Crippen LogP contribution in [0.15, 0.2) is 22.8 Å². The Hall–Kier alpha value is -3.21. The normalized spacial score (nSPS) is 16.3. The number of aromatic nitrogens is 5. The highest BCUT2D eigenvalue weighted by molar-refractivity contribution is 5.84. The van der Waals surface area contributed by atoms with Crippen molar-refractivity contribution in [3.8, 4) is 11.6 Å². The molecule has 11 heteroatoms. The first-order valence-electron chi connectivity index (χ1n) is 9.80. The number of carbonyl (C=O) groups excluding carboxylic acids is 1. The molecular formula is C18H25N9O2. The number of nitrogens with one attached hydrogen (secondary N) is 1. The number of fused-ring (bicyclic) bond motifs is 1. The van der Waals surface area contributed by atoms with Gasteiger partial charge in [-0.2, -0.15) is 19.5 Å². The molecule has 1 aliphatic heterocycles. The molecule has 3 N–H and O–H groups in total. The summed E-state index contributed by atoms with van der Waals surface area (Å²) in [6.07, 6.45) is 2.15. The summed E-state index contributed by atoms with van der Waals surface area (Å²) in [4.78, 5) is 30.1. The van der Waals surface area contributed by atoms with Crippen LogP contribution in [0, 0.1) is 0 Å². The molecule has 0 radical (unpaired) electrons. The summed E-state index contributed by atoms with van der Waals surface area (Å²) in [7, 11) is 0. The number of carbonyl (C=O) groups is 1. The molecule has 1 atom stereocenters. The van der Waals surface area contributed by atoms with Gasteiger partial charge in [0.2, 0.25) is 23.6 Å². The highest BCUT2D eigenvalue weighted by Crippen LogP contribution is 2.18. The van der Waals surface area contributed by atoms with Gasteiger partial charge in [0, 0.05) is 26.2 Å². The lowest BCUT2D eigenvalue weighted by molar-refractivity contribution is -0.133. The topological polar surface area (TPSA) is 131 Å². The zero-order chi connectivity index (χ0) is 20.4. The summed E-state index contributed by atoms with van der Waals surface area (Å²) < 4.78 is 6.66. The Balaban J connectivity index is 1.52. The third-order valence-corrected chi connectivity index (χ3v) is 5.12. The molecule has 4 heterocycles. The maximum Gasteiger partial charge on any atom is 0.259 e. The van der Waals surface area contributed by atoms with Crippen LogP contribution in [0.2, 0.25) is 0 Å². The first-order valence-corrected chi connectivity index (χ1v) is 9.80. The van der Waals surface area contributed by atoms with Crippen molar-refractivity contribution in [2.24, 2.45) is 0 Å². The lowest BCUT2D eigenvalue weighted by Crippen LogP contribution is -2.52. The molecule has 1 fully saturated rings. The molecular weight excluding hydrogens is 374 g/mol. The van der Waals surface area contributed by atoms with E-state index in [0.29, 0.717) is 18.0 Å². The minimum absolute atomic E-state index is 0.0445. The lowest BCUT2D eigenvalue weighted by atomic mass is 10.1. The number of furan rings is 1. The number of amides is 1. The predicted molar refractivity (Wildman–Crippen MR) is 107 cm³/mol. The molecule has 4 rings (SSSR count). The zero-order valence-electron chi connectivity index (χ0n) is 16.6. The minimum atomic E-state index is -0.433. The maximum atomic E-state index is 12.9. The van der Waals surface area contributed by atoms with Crippen molar-refractivity contribution in [2.45, 2.75) is 26.3 Å². The molecule has 3 aromatic rings. The Bertz CT molecular complexity index is 977. The van der Waals surface area contributed by atoms with Gasteiger partial charge in [-0.3, -0.25) is 4.79 Å². The van der Waals surface area contributed by atoms with E-state index in [1.807, 2.05) is 11.8 Å². The molecule has 154 valence electrons. The van der Waals surface area contributed by atoms with Crippen LogP contribution >= 0.6 is 0 Å². The predicted octanol–water partition coefficient (Wildman–Crippen LogP) is 0.716. The quantitative estimate of drug-likeness (QED) is 0.615. The molecule has 29 heavy (non-hydrogen) atoms. The minimum Gasteiger partial charge on any atom is -0.461 e. The number of anilines is 2. The number of nitrogen functional groups attached to an aromatic ring is 1. The monoisotopic (exact) mass is 399 g/mol. The van der Waals surface area contributed by atoms with Crippen LogP contribution in [0.5, 0.6) is 0 Å². The van der Waals surface area contributed by atoms with Crippen LogP contribution in [0.3, 0.4) is 0 Å². The van der Waals surface area contributed by atoms with Crippen LogP contribution in [0.25, 0.3) is 17.4 Å². The molecule has 1 saturated heterocycles. The SMILES string of the molecule is CC[C@H](Nc1nc(N)n2nc(-c3ccco3)nc2n1)C(=O)N1CCN(CC)CC1. The Morgan fingerprint density at radius 3 is 2.69 bits per heavy atom. The highest BCUT2D eigenvalue weighted by Gasteiger charge is 2.27. The van der Waals surface area contributed by atoms with Gasteiger partial charge in [-0.1, -0.05) is 13.8 Å². The fourth-order valence-electron chi connectivity index (χ4n) is 3.38. The number of likely N-dealkylation sites (N-methyl/N-ethyl adjacent to an activating group) is 1. The molecule has 0 aromatic carbocycles. The molecule has 0 unspecified atom stereocenters. The number of nitrogens with zero attached hydrogens (tertiary/aromatic N) is 7. The second-order valence-electron chi connectivity index (χ2n) is 6.89. The van der Waals surface area contributed by atoms with Crippen LogP contribution < -0.4 is 11.1 Å².